The fourth-order valence-electron chi connectivity index (χ4n) is 11.4. The maximum atomic E-state index is 10.6. The number of nitrogens with zero attached hydrogens (tertiary/aromatic N) is 3. The van der Waals surface area contributed by atoms with E-state index in [1.165, 1.54) is 0 Å². The lowest BCUT2D eigenvalue weighted by atomic mass is 9.67. The van der Waals surface area contributed by atoms with Gasteiger partial charge in [0.1, 0.15) is 0 Å². The summed E-state index contributed by atoms with van der Waals surface area (Å²) < 4.78 is 69.6. The summed E-state index contributed by atoms with van der Waals surface area (Å²) in [7, 11) is 0. The third-order valence-corrected chi connectivity index (χ3v) is 14.4. The summed E-state index contributed by atoms with van der Waals surface area (Å²) in [6.07, 6.45) is 0. The van der Waals surface area contributed by atoms with Crippen LogP contribution in [0.1, 0.15) is 31.8 Å². The molecule has 0 radical (unpaired) electrons. The molecule has 0 spiro atoms. The number of rotatable bonds is 9. The van der Waals surface area contributed by atoms with E-state index in [-0.39, 0.29) is 34.5 Å². The molecule has 1 aromatic heterocycles. The quantitative estimate of drug-likeness (QED) is 0.143. The molecule has 0 aliphatic heterocycles. The molecule has 12 aromatic carbocycles. The molecule has 14 rings (SSSR count). The van der Waals surface area contributed by atoms with Crippen molar-refractivity contribution in [3.05, 3.63) is 307 Å². The van der Waals surface area contributed by atoms with Gasteiger partial charge in [0.15, 0.2) is 0 Å². The minimum absolute atomic E-state index is 0.106. The zero-order chi connectivity index (χ0) is 53.7. The standard InChI is InChI=1S/C69H47N3/c1-5-25-52(26-6-1)70(53-27-7-2-8-28-53)56-41-43-63-61(46-56)62-47-57(71(54-29-9-3-10-30-54)66-38-19-24-49-22-15-16-33-58(49)66)42-44-64(62)69(63,51-40-39-48-21-13-14-23-50(48)45-51)65-36-20-35-60-59-34-17-18-37-67(59)72(68(60)65)55-31-11-4-12-32-55/h1-47H/i13D,14D,21D,23D,39D,40D,45D. The van der Waals surface area contributed by atoms with E-state index in [0.29, 0.717) is 0 Å². The summed E-state index contributed by atoms with van der Waals surface area (Å²) in [6, 6.07) is 80.3. The first-order chi connectivity index (χ1) is 38.7. The van der Waals surface area contributed by atoms with Gasteiger partial charge in [-0.3, -0.25) is 0 Å². The molecular weight excluding hydrogens is 871 g/mol. The predicted molar refractivity (Wildman–Crippen MR) is 302 cm³/mol. The summed E-state index contributed by atoms with van der Waals surface area (Å²) in [5, 5.41) is 3.84. The Hall–Kier alpha value is -9.44. The molecule has 3 nitrogen and oxygen atoms in total. The van der Waals surface area contributed by atoms with Gasteiger partial charge in [-0.1, -0.05) is 194 Å². The lowest BCUT2D eigenvalue weighted by molar-refractivity contribution is 0.773. The average molecular weight is 925 g/mol. The van der Waals surface area contributed by atoms with Gasteiger partial charge >= 0.3 is 0 Å². The summed E-state index contributed by atoms with van der Waals surface area (Å²) in [6.45, 7) is 0. The molecule has 0 amide bonds. The molecule has 72 heavy (non-hydrogen) atoms. The fourth-order valence-corrected chi connectivity index (χ4v) is 11.4. The third-order valence-electron chi connectivity index (χ3n) is 14.4. The van der Waals surface area contributed by atoms with Crippen LogP contribution in [0.15, 0.2) is 285 Å². The van der Waals surface area contributed by atoms with Crippen LogP contribution < -0.4 is 9.80 Å². The van der Waals surface area contributed by atoms with Crippen molar-refractivity contribution >= 4 is 77.5 Å². The molecule has 0 fully saturated rings. The Bertz CT molecular complexity index is 4540. The highest BCUT2D eigenvalue weighted by atomic mass is 15.1. The van der Waals surface area contributed by atoms with Crippen molar-refractivity contribution in [2.75, 3.05) is 9.80 Å². The number of aromatic nitrogens is 1. The minimum Gasteiger partial charge on any atom is -0.310 e. The van der Waals surface area contributed by atoms with Gasteiger partial charge in [-0.15, -0.1) is 0 Å². The van der Waals surface area contributed by atoms with E-state index in [4.69, 9.17) is 4.11 Å². The molecule has 1 atom stereocenters. The van der Waals surface area contributed by atoms with E-state index in [0.717, 1.165) is 100 Å². The maximum Gasteiger partial charge on any atom is 0.0734 e. The first-order valence-corrected chi connectivity index (χ1v) is 24.3. The van der Waals surface area contributed by atoms with E-state index in [1.54, 1.807) is 0 Å². The normalized spacial score (nSPS) is 15.2. The Morgan fingerprint density at radius 3 is 1.57 bits per heavy atom. The fraction of sp³-hybridized carbons (Fsp3) is 0.0145. The second kappa shape index (κ2) is 16.9. The average Bonchev–Trinajstić information content (AvgIpc) is 3.22. The van der Waals surface area contributed by atoms with Crippen molar-refractivity contribution in [2.24, 2.45) is 0 Å². The molecule has 3 heteroatoms. The topological polar surface area (TPSA) is 11.4 Å². The molecule has 0 saturated heterocycles. The van der Waals surface area contributed by atoms with Crippen molar-refractivity contribution in [3.8, 4) is 16.8 Å². The van der Waals surface area contributed by atoms with Crippen molar-refractivity contribution in [3.63, 3.8) is 0 Å². The Kier molecular flexibility index (Phi) is 8.17. The highest BCUT2D eigenvalue weighted by molar-refractivity contribution is 6.12. The molecule has 0 N–H and O–H groups in total. The Balaban J connectivity index is 1.19. The third kappa shape index (κ3) is 6.45. The molecule has 1 unspecified atom stereocenters. The lowest BCUT2D eigenvalue weighted by Gasteiger charge is -2.35. The maximum absolute atomic E-state index is 10.6. The van der Waals surface area contributed by atoms with Crippen LogP contribution in [0.2, 0.25) is 0 Å². The van der Waals surface area contributed by atoms with Gasteiger partial charge in [-0.2, -0.15) is 0 Å². The van der Waals surface area contributed by atoms with E-state index >= 15 is 0 Å². The number of hydrogen-bond acceptors (Lipinski definition) is 2. The Labute approximate surface area is 429 Å². The molecule has 13 aromatic rings. The predicted octanol–water partition coefficient (Wildman–Crippen LogP) is 18.4. The van der Waals surface area contributed by atoms with Gasteiger partial charge in [0.25, 0.3) is 0 Å². The Morgan fingerprint density at radius 2 is 0.889 bits per heavy atom. The monoisotopic (exact) mass is 924 g/mol. The molecular formula is C69H47N3. The van der Waals surface area contributed by atoms with Gasteiger partial charge in [-0.05, 0) is 141 Å². The van der Waals surface area contributed by atoms with E-state index in [2.05, 4.69) is 166 Å². The van der Waals surface area contributed by atoms with Crippen LogP contribution in [0.25, 0.3) is 60.2 Å². The van der Waals surface area contributed by atoms with Gasteiger partial charge in [0.05, 0.1) is 31.7 Å². The van der Waals surface area contributed by atoms with E-state index in [1.807, 2.05) is 91.0 Å². The SMILES string of the molecule is [2H]c1c([2H])c([2H])c2c([2H])c(C3(c4cccc5c6ccccc6n(-c6ccccc6)c45)c4ccc(N(c5ccccc5)c5ccccc5)cc4-c4cc(N(c5ccccc5)c5cccc6ccccc56)ccc43)c([2H])c([2H])c2c1[2H]. The number of benzene rings is 12. The molecule has 338 valence electrons. The van der Waals surface area contributed by atoms with Crippen LogP contribution in [-0.4, -0.2) is 4.57 Å². The number of fused-ring (bicyclic) bond motifs is 8. The van der Waals surface area contributed by atoms with Crippen LogP contribution in [0.3, 0.4) is 0 Å². The van der Waals surface area contributed by atoms with Gasteiger partial charge in [-0.25, -0.2) is 0 Å². The molecule has 1 heterocycles. The van der Waals surface area contributed by atoms with Crippen molar-refractivity contribution in [2.45, 2.75) is 5.41 Å². The Morgan fingerprint density at radius 1 is 0.361 bits per heavy atom. The number of anilines is 6. The summed E-state index contributed by atoms with van der Waals surface area (Å²) in [4.78, 5) is 4.50. The second-order valence-corrected chi connectivity index (χ2v) is 18.3. The number of para-hydroxylation sites is 6. The number of hydrogen-bond donors (Lipinski definition) is 0. The minimum atomic E-state index is -1.57. The van der Waals surface area contributed by atoms with Crippen molar-refractivity contribution < 1.29 is 9.60 Å². The summed E-state index contributed by atoms with van der Waals surface area (Å²) in [5.74, 6) is 0. The highest BCUT2D eigenvalue weighted by Gasteiger charge is 2.48. The van der Waals surface area contributed by atoms with Gasteiger partial charge < -0.3 is 14.4 Å². The first kappa shape index (κ1) is 34.8. The van der Waals surface area contributed by atoms with Crippen LogP contribution >= 0.6 is 0 Å². The van der Waals surface area contributed by atoms with Gasteiger partial charge in [0, 0.05) is 50.3 Å². The summed E-state index contributed by atoms with van der Waals surface area (Å²) in [5.41, 5.74) is 10.7. The van der Waals surface area contributed by atoms with Crippen molar-refractivity contribution in [1.82, 2.24) is 4.57 Å². The zero-order valence-corrected chi connectivity index (χ0v) is 38.9. The van der Waals surface area contributed by atoms with Gasteiger partial charge in [0.2, 0.25) is 0 Å². The van der Waals surface area contributed by atoms with Crippen LogP contribution in [-0.2, 0) is 5.41 Å². The van der Waals surface area contributed by atoms with Crippen LogP contribution in [0.5, 0.6) is 0 Å². The largest absolute Gasteiger partial charge is 0.310 e. The zero-order valence-electron chi connectivity index (χ0n) is 45.9. The van der Waals surface area contributed by atoms with E-state index < -0.39 is 29.6 Å². The summed E-state index contributed by atoms with van der Waals surface area (Å²) >= 11 is 0. The van der Waals surface area contributed by atoms with E-state index in [9.17, 15) is 5.48 Å². The van der Waals surface area contributed by atoms with Crippen LogP contribution in [0, 0.1) is 0 Å². The molecule has 1 aliphatic rings. The smallest absolute Gasteiger partial charge is 0.0734 e. The van der Waals surface area contributed by atoms with Crippen LogP contribution in [0.4, 0.5) is 34.1 Å². The molecule has 1 aliphatic carbocycles. The first-order valence-electron chi connectivity index (χ1n) is 27.8. The lowest BCUT2D eigenvalue weighted by Crippen LogP contribution is -2.29. The molecule has 0 bridgehead atoms. The second-order valence-electron chi connectivity index (χ2n) is 18.3. The molecule has 0 saturated carbocycles. The highest BCUT2D eigenvalue weighted by Crippen LogP contribution is 2.60. The van der Waals surface area contributed by atoms with Crippen molar-refractivity contribution in [1.29, 1.82) is 0 Å².